The Morgan fingerprint density at radius 2 is 2.21 bits per heavy atom. The molecule has 1 saturated heterocycles. The van der Waals surface area contributed by atoms with Gasteiger partial charge < -0.3 is 14.4 Å². The first-order valence-electron chi connectivity index (χ1n) is 7.00. The Morgan fingerprint density at radius 1 is 1.46 bits per heavy atom. The predicted molar refractivity (Wildman–Crippen MR) is 80.6 cm³/mol. The summed E-state index contributed by atoms with van der Waals surface area (Å²) in [6, 6.07) is 2.23. The third kappa shape index (κ3) is 2.96. The van der Waals surface area contributed by atoms with Crippen molar-refractivity contribution < 1.29 is 27.9 Å². The molecule has 0 aliphatic carbocycles. The molecule has 2 amide bonds. The minimum absolute atomic E-state index is 0.0677. The molecular formula is C14H13F2N3O4S. The van der Waals surface area contributed by atoms with Crippen LogP contribution < -0.4 is 4.90 Å². The summed E-state index contributed by atoms with van der Waals surface area (Å²) in [7, 11) is 0. The van der Waals surface area contributed by atoms with E-state index in [0.717, 1.165) is 11.3 Å². The van der Waals surface area contributed by atoms with E-state index >= 15 is 0 Å². The van der Waals surface area contributed by atoms with Crippen molar-refractivity contribution in [3.05, 3.63) is 34.2 Å². The monoisotopic (exact) mass is 357 g/mol. The Hall–Kier alpha value is -2.49. The summed E-state index contributed by atoms with van der Waals surface area (Å²) in [6.45, 7) is 2.34. The van der Waals surface area contributed by atoms with Crippen molar-refractivity contribution in [2.75, 3.05) is 18.0 Å². The van der Waals surface area contributed by atoms with Crippen LogP contribution in [-0.2, 0) is 6.54 Å². The number of halogens is 2. The molecule has 1 N–H and O–H groups in total. The SMILES string of the molecule is Cc1nc(N2CCN(Cc3ccc(C(F)F)o3)C2=O)sc1C(=O)O. The molecule has 0 radical (unpaired) electrons. The highest BCUT2D eigenvalue weighted by Crippen LogP contribution is 2.29. The van der Waals surface area contributed by atoms with Crippen LogP contribution in [0.3, 0.4) is 0 Å². The Labute approximate surface area is 139 Å². The minimum Gasteiger partial charge on any atom is -0.477 e. The number of carboxylic acids is 1. The summed E-state index contributed by atoms with van der Waals surface area (Å²) < 4.78 is 30.0. The molecule has 0 bridgehead atoms. The van der Waals surface area contributed by atoms with Gasteiger partial charge in [-0.15, -0.1) is 0 Å². The summed E-state index contributed by atoms with van der Waals surface area (Å²) >= 11 is 0.930. The number of nitrogens with zero attached hydrogens (tertiary/aromatic N) is 3. The van der Waals surface area contributed by atoms with Gasteiger partial charge in [0.15, 0.2) is 10.9 Å². The molecule has 1 aliphatic heterocycles. The summed E-state index contributed by atoms with van der Waals surface area (Å²) in [5, 5.41) is 9.37. The van der Waals surface area contributed by atoms with Crippen LogP contribution in [0.5, 0.6) is 0 Å². The average molecular weight is 357 g/mol. The van der Waals surface area contributed by atoms with Crippen LogP contribution in [0, 0.1) is 6.92 Å². The van der Waals surface area contributed by atoms with E-state index in [-0.39, 0.29) is 23.2 Å². The third-order valence-corrected chi connectivity index (χ3v) is 4.72. The highest BCUT2D eigenvalue weighted by Gasteiger charge is 2.33. The van der Waals surface area contributed by atoms with Gasteiger partial charge in [0.05, 0.1) is 12.2 Å². The number of thiazole rings is 1. The number of alkyl halides is 2. The van der Waals surface area contributed by atoms with Crippen molar-refractivity contribution in [1.29, 1.82) is 0 Å². The van der Waals surface area contributed by atoms with E-state index < -0.39 is 18.2 Å². The highest BCUT2D eigenvalue weighted by atomic mass is 32.1. The van der Waals surface area contributed by atoms with Crippen molar-refractivity contribution in [3.63, 3.8) is 0 Å². The van der Waals surface area contributed by atoms with Gasteiger partial charge in [-0.2, -0.15) is 0 Å². The molecule has 1 aliphatic rings. The van der Waals surface area contributed by atoms with E-state index in [1.165, 1.54) is 21.9 Å². The van der Waals surface area contributed by atoms with Gasteiger partial charge in [-0.25, -0.2) is 23.4 Å². The van der Waals surface area contributed by atoms with Crippen molar-refractivity contribution >= 4 is 28.5 Å². The molecule has 1 fully saturated rings. The molecule has 0 aromatic carbocycles. The van der Waals surface area contributed by atoms with Crippen LogP contribution in [0.4, 0.5) is 18.7 Å². The zero-order chi connectivity index (χ0) is 17.4. The zero-order valence-electron chi connectivity index (χ0n) is 12.5. The number of carboxylic acid groups (broad SMARTS) is 1. The number of urea groups is 1. The highest BCUT2D eigenvalue weighted by molar-refractivity contribution is 7.17. The fourth-order valence-electron chi connectivity index (χ4n) is 2.39. The van der Waals surface area contributed by atoms with Gasteiger partial charge in [-0.3, -0.25) is 4.90 Å². The van der Waals surface area contributed by atoms with Crippen LogP contribution in [0.2, 0.25) is 0 Å². The van der Waals surface area contributed by atoms with Crippen LogP contribution in [-0.4, -0.2) is 40.1 Å². The number of amides is 2. The van der Waals surface area contributed by atoms with Crippen molar-refractivity contribution in [2.45, 2.75) is 19.9 Å². The molecule has 3 rings (SSSR count). The van der Waals surface area contributed by atoms with Gasteiger partial charge in [-0.05, 0) is 19.1 Å². The number of carbonyl (C=O) groups excluding carboxylic acids is 1. The van der Waals surface area contributed by atoms with E-state index in [0.29, 0.717) is 23.9 Å². The number of hydrogen-bond acceptors (Lipinski definition) is 5. The van der Waals surface area contributed by atoms with Crippen LogP contribution in [0.25, 0.3) is 0 Å². The number of carbonyl (C=O) groups is 2. The summed E-state index contributed by atoms with van der Waals surface area (Å²) in [6.07, 6.45) is -2.70. The molecule has 0 saturated carbocycles. The molecule has 24 heavy (non-hydrogen) atoms. The molecule has 7 nitrogen and oxygen atoms in total. The van der Waals surface area contributed by atoms with Gasteiger partial charge >= 0.3 is 12.0 Å². The number of anilines is 1. The molecule has 0 atom stereocenters. The van der Waals surface area contributed by atoms with E-state index in [1.54, 1.807) is 6.92 Å². The third-order valence-electron chi connectivity index (χ3n) is 3.55. The summed E-state index contributed by atoms with van der Waals surface area (Å²) in [5.74, 6) is -1.26. The quantitative estimate of drug-likeness (QED) is 0.888. The van der Waals surface area contributed by atoms with Gasteiger partial charge in [0.2, 0.25) is 0 Å². The summed E-state index contributed by atoms with van der Waals surface area (Å²) in [5.41, 5.74) is 0.348. The number of rotatable bonds is 5. The number of aromatic nitrogens is 1. The maximum Gasteiger partial charge on any atom is 0.347 e. The van der Waals surface area contributed by atoms with Gasteiger partial charge in [0.25, 0.3) is 6.43 Å². The molecule has 128 valence electrons. The van der Waals surface area contributed by atoms with Gasteiger partial charge in [-0.1, -0.05) is 11.3 Å². The first-order valence-corrected chi connectivity index (χ1v) is 7.82. The van der Waals surface area contributed by atoms with E-state index in [4.69, 9.17) is 9.52 Å². The van der Waals surface area contributed by atoms with Crippen LogP contribution >= 0.6 is 11.3 Å². The number of aryl methyl sites for hydroxylation is 1. The smallest absolute Gasteiger partial charge is 0.347 e. The normalized spacial score (nSPS) is 14.9. The summed E-state index contributed by atoms with van der Waals surface area (Å²) in [4.78, 5) is 30.5. The Morgan fingerprint density at radius 3 is 2.79 bits per heavy atom. The zero-order valence-corrected chi connectivity index (χ0v) is 13.3. The Kier molecular flexibility index (Phi) is 4.22. The lowest BCUT2D eigenvalue weighted by Gasteiger charge is -2.15. The molecular weight excluding hydrogens is 344 g/mol. The van der Waals surface area contributed by atoms with Gasteiger partial charge in [0.1, 0.15) is 10.6 Å². The average Bonchev–Trinajstić information content (AvgIpc) is 3.20. The molecule has 0 spiro atoms. The topological polar surface area (TPSA) is 86.9 Å². The van der Waals surface area contributed by atoms with Gasteiger partial charge in [0, 0.05) is 13.1 Å². The van der Waals surface area contributed by atoms with Crippen LogP contribution in [0.1, 0.15) is 33.3 Å². The molecule has 10 heteroatoms. The van der Waals surface area contributed by atoms with E-state index in [2.05, 4.69) is 4.98 Å². The van der Waals surface area contributed by atoms with Crippen molar-refractivity contribution in [2.24, 2.45) is 0 Å². The number of furan rings is 1. The lowest BCUT2D eigenvalue weighted by Crippen LogP contribution is -2.31. The standard InChI is InChI=1S/C14H13F2N3O4S/c1-7-10(12(20)21)24-13(17-7)19-5-4-18(14(19)22)6-8-2-3-9(23-8)11(15)16/h2-3,11H,4-6H2,1H3,(H,20,21). The fourth-order valence-corrected chi connectivity index (χ4v) is 3.31. The molecule has 2 aromatic heterocycles. The van der Waals surface area contributed by atoms with Crippen LogP contribution in [0.15, 0.2) is 16.5 Å². The second-order valence-electron chi connectivity index (χ2n) is 5.18. The maximum atomic E-state index is 12.5. The Balaban J connectivity index is 1.72. The fraction of sp³-hybridized carbons (Fsp3) is 0.357. The minimum atomic E-state index is -2.70. The lowest BCUT2D eigenvalue weighted by atomic mass is 10.4. The second kappa shape index (κ2) is 6.19. The molecule has 3 heterocycles. The maximum absolute atomic E-state index is 12.5. The molecule has 2 aromatic rings. The van der Waals surface area contributed by atoms with Crippen molar-refractivity contribution in [1.82, 2.24) is 9.88 Å². The Bertz CT molecular complexity index is 789. The van der Waals surface area contributed by atoms with E-state index in [9.17, 15) is 18.4 Å². The first-order chi connectivity index (χ1) is 11.4. The largest absolute Gasteiger partial charge is 0.477 e. The van der Waals surface area contributed by atoms with Crippen molar-refractivity contribution in [3.8, 4) is 0 Å². The number of aromatic carboxylic acids is 1. The second-order valence-corrected chi connectivity index (χ2v) is 6.15. The molecule has 0 unspecified atom stereocenters. The predicted octanol–water partition coefficient (Wildman–Crippen LogP) is 3.12. The lowest BCUT2D eigenvalue weighted by molar-refractivity contribution is 0.0701. The van der Waals surface area contributed by atoms with E-state index in [1.807, 2.05) is 0 Å². The number of hydrogen-bond donors (Lipinski definition) is 1. The first kappa shape index (κ1) is 16.4.